The lowest BCUT2D eigenvalue weighted by Crippen LogP contribution is -2.25. The van der Waals surface area contributed by atoms with Crippen molar-refractivity contribution in [1.29, 1.82) is 0 Å². The van der Waals surface area contributed by atoms with E-state index in [1.165, 1.54) is 12.8 Å². The number of nitrogens with zero attached hydrogens (tertiary/aromatic N) is 2. The number of aryl methyl sites for hydroxylation is 1. The van der Waals surface area contributed by atoms with Crippen LogP contribution in [0.5, 0.6) is 0 Å². The molecule has 2 rings (SSSR count). The van der Waals surface area contributed by atoms with Gasteiger partial charge in [0.2, 0.25) is 5.95 Å². The first-order valence-corrected chi connectivity index (χ1v) is 5.25. The third kappa shape index (κ3) is 1.75. The molecule has 0 aromatic carbocycles. The van der Waals surface area contributed by atoms with Crippen LogP contribution in [-0.2, 0) is 6.54 Å². The van der Waals surface area contributed by atoms with Crippen LogP contribution in [0, 0.1) is 5.41 Å². The van der Waals surface area contributed by atoms with E-state index in [1.54, 1.807) is 0 Å². The molecule has 0 atom stereocenters. The second-order valence-electron chi connectivity index (χ2n) is 4.09. The number of anilines is 1. The third-order valence-electron chi connectivity index (χ3n) is 3.07. The van der Waals surface area contributed by atoms with E-state index in [-0.39, 0.29) is 0 Å². The topological polar surface area (TPSA) is 55.9 Å². The molecule has 14 heavy (non-hydrogen) atoms. The molecule has 3 N–H and O–H groups in total. The van der Waals surface area contributed by atoms with Gasteiger partial charge in [0, 0.05) is 25.5 Å². The summed E-state index contributed by atoms with van der Waals surface area (Å²) in [5.41, 5.74) is 6.08. The van der Waals surface area contributed by atoms with Gasteiger partial charge in [0.05, 0.1) is 0 Å². The first-order chi connectivity index (χ1) is 6.79. The Morgan fingerprint density at radius 3 is 3.00 bits per heavy atom. The maximum atomic E-state index is 5.71. The second-order valence-corrected chi connectivity index (χ2v) is 4.09. The van der Waals surface area contributed by atoms with Crippen LogP contribution < -0.4 is 11.1 Å². The molecule has 0 saturated heterocycles. The monoisotopic (exact) mass is 194 g/mol. The zero-order valence-corrected chi connectivity index (χ0v) is 8.66. The quantitative estimate of drug-likeness (QED) is 0.736. The molecule has 0 spiro atoms. The van der Waals surface area contributed by atoms with Gasteiger partial charge in [0.25, 0.3) is 0 Å². The lowest BCUT2D eigenvalue weighted by Gasteiger charge is -2.14. The molecular formula is C10H18N4. The average Bonchev–Trinajstić information content (AvgIpc) is 2.86. The molecule has 1 aliphatic carbocycles. The number of hydrogen-bond donors (Lipinski definition) is 2. The van der Waals surface area contributed by atoms with E-state index in [0.29, 0.717) is 5.41 Å². The molecule has 4 nitrogen and oxygen atoms in total. The van der Waals surface area contributed by atoms with Crippen molar-refractivity contribution in [2.24, 2.45) is 11.1 Å². The number of imidazole rings is 1. The summed E-state index contributed by atoms with van der Waals surface area (Å²) in [5, 5.41) is 3.37. The lowest BCUT2D eigenvalue weighted by atomic mass is 10.1. The highest BCUT2D eigenvalue weighted by Gasteiger charge is 2.40. The van der Waals surface area contributed by atoms with Crippen LogP contribution in [0.25, 0.3) is 0 Å². The van der Waals surface area contributed by atoms with E-state index >= 15 is 0 Å². The summed E-state index contributed by atoms with van der Waals surface area (Å²) in [6.45, 7) is 4.81. The standard InChI is InChI=1S/C10H18N4/c1-2-14-6-5-12-9(14)13-8-10(7-11)3-4-10/h5-6H,2-4,7-8,11H2,1H3,(H,12,13). The Kier molecular flexibility index (Phi) is 2.46. The number of rotatable bonds is 5. The van der Waals surface area contributed by atoms with Gasteiger partial charge >= 0.3 is 0 Å². The first kappa shape index (κ1) is 9.52. The number of nitrogens with two attached hydrogens (primary N) is 1. The predicted molar refractivity (Wildman–Crippen MR) is 57.1 cm³/mol. The highest BCUT2D eigenvalue weighted by atomic mass is 15.2. The zero-order chi connectivity index (χ0) is 10.0. The minimum absolute atomic E-state index is 0.366. The highest BCUT2D eigenvalue weighted by Crippen LogP contribution is 2.44. The Hall–Kier alpha value is -1.03. The van der Waals surface area contributed by atoms with Crippen molar-refractivity contribution in [2.45, 2.75) is 26.3 Å². The Bertz CT molecular complexity index is 301. The summed E-state index contributed by atoms with van der Waals surface area (Å²) < 4.78 is 2.10. The van der Waals surface area contributed by atoms with Gasteiger partial charge in [0.1, 0.15) is 0 Å². The summed E-state index contributed by atoms with van der Waals surface area (Å²) in [6, 6.07) is 0. The second kappa shape index (κ2) is 3.61. The summed E-state index contributed by atoms with van der Waals surface area (Å²) >= 11 is 0. The summed E-state index contributed by atoms with van der Waals surface area (Å²) in [4.78, 5) is 4.26. The van der Waals surface area contributed by atoms with Crippen LogP contribution in [0.1, 0.15) is 19.8 Å². The number of nitrogens with one attached hydrogen (secondary N) is 1. The molecule has 1 fully saturated rings. The number of aromatic nitrogens is 2. The highest BCUT2D eigenvalue weighted by molar-refractivity contribution is 5.27. The van der Waals surface area contributed by atoms with Crippen molar-refractivity contribution in [3.8, 4) is 0 Å². The third-order valence-corrected chi connectivity index (χ3v) is 3.07. The van der Waals surface area contributed by atoms with Crippen LogP contribution >= 0.6 is 0 Å². The fourth-order valence-electron chi connectivity index (χ4n) is 1.63. The van der Waals surface area contributed by atoms with E-state index in [4.69, 9.17) is 5.73 Å². The Morgan fingerprint density at radius 1 is 1.64 bits per heavy atom. The molecule has 1 aliphatic rings. The molecule has 78 valence electrons. The summed E-state index contributed by atoms with van der Waals surface area (Å²) in [7, 11) is 0. The molecule has 0 radical (unpaired) electrons. The fourth-order valence-corrected chi connectivity index (χ4v) is 1.63. The smallest absolute Gasteiger partial charge is 0.202 e. The molecule has 0 amide bonds. The Labute approximate surface area is 84.5 Å². The summed E-state index contributed by atoms with van der Waals surface area (Å²) in [5.74, 6) is 0.965. The largest absolute Gasteiger partial charge is 0.355 e. The van der Waals surface area contributed by atoms with Crippen LogP contribution in [-0.4, -0.2) is 22.6 Å². The molecule has 1 heterocycles. The molecule has 0 aliphatic heterocycles. The van der Waals surface area contributed by atoms with E-state index in [0.717, 1.165) is 25.6 Å². The van der Waals surface area contributed by atoms with E-state index in [9.17, 15) is 0 Å². The van der Waals surface area contributed by atoms with Gasteiger partial charge < -0.3 is 15.6 Å². The van der Waals surface area contributed by atoms with Crippen LogP contribution in [0.3, 0.4) is 0 Å². The van der Waals surface area contributed by atoms with Gasteiger partial charge in [-0.05, 0) is 31.7 Å². The van der Waals surface area contributed by atoms with Crippen LogP contribution in [0.15, 0.2) is 12.4 Å². The number of hydrogen-bond acceptors (Lipinski definition) is 3. The minimum Gasteiger partial charge on any atom is -0.355 e. The molecule has 0 bridgehead atoms. The summed E-state index contributed by atoms with van der Waals surface area (Å²) in [6.07, 6.45) is 6.32. The Balaban J connectivity index is 1.91. The van der Waals surface area contributed by atoms with Crippen molar-refractivity contribution in [3.63, 3.8) is 0 Å². The Morgan fingerprint density at radius 2 is 2.43 bits per heavy atom. The van der Waals surface area contributed by atoms with Crippen molar-refractivity contribution in [3.05, 3.63) is 12.4 Å². The minimum atomic E-state index is 0.366. The molecule has 4 heteroatoms. The maximum absolute atomic E-state index is 5.71. The van der Waals surface area contributed by atoms with Crippen LogP contribution in [0.4, 0.5) is 5.95 Å². The fraction of sp³-hybridized carbons (Fsp3) is 0.700. The molecule has 1 saturated carbocycles. The molecule has 1 aromatic rings. The van der Waals surface area contributed by atoms with Gasteiger partial charge in [-0.15, -0.1) is 0 Å². The van der Waals surface area contributed by atoms with Crippen molar-refractivity contribution < 1.29 is 0 Å². The van der Waals surface area contributed by atoms with Gasteiger partial charge in [-0.3, -0.25) is 0 Å². The molecule has 1 aromatic heterocycles. The molecule has 0 unspecified atom stereocenters. The average molecular weight is 194 g/mol. The predicted octanol–water partition coefficient (Wildman–Crippen LogP) is 1.05. The van der Waals surface area contributed by atoms with Crippen LogP contribution in [0.2, 0.25) is 0 Å². The van der Waals surface area contributed by atoms with E-state index in [1.807, 2.05) is 12.4 Å². The van der Waals surface area contributed by atoms with Crippen molar-refractivity contribution >= 4 is 5.95 Å². The van der Waals surface area contributed by atoms with Gasteiger partial charge in [0.15, 0.2) is 0 Å². The van der Waals surface area contributed by atoms with Gasteiger partial charge in [-0.25, -0.2) is 4.98 Å². The van der Waals surface area contributed by atoms with Crippen molar-refractivity contribution in [2.75, 3.05) is 18.4 Å². The lowest BCUT2D eigenvalue weighted by molar-refractivity contribution is 0.551. The SMILES string of the molecule is CCn1ccnc1NCC1(CN)CC1. The normalized spacial score (nSPS) is 18.1. The van der Waals surface area contributed by atoms with Crippen molar-refractivity contribution in [1.82, 2.24) is 9.55 Å². The van der Waals surface area contributed by atoms with Gasteiger partial charge in [-0.1, -0.05) is 0 Å². The van der Waals surface area contributed by atoms with E-state index in [2.05, 4.69) is 21.8 Å². The first-order valence-electron chi connectivity index (χ1n) is 5.25. The molecular weight excluding hydrogens is 176 g/mol. The van der Waals surface area contributed by atoms with Gasteiger partial charge in [-0.2, -0.15) is 0 Å². The maximum Gasteiger partial charge on any atom is 0.202 e. The van der Waals surface area contributed by atoms with E-state index < -0.39 is 0 Å². The zero-order valence-electron chi connectivity index (χ0n) is 8.66.